The summed E-state index contributed by atoms with van der Waals surface area (Å²) in [7, 11) is -3.76. The van der Waals surface area contributed by atoms with E-state index in [0.717, 1.165) is 16.3 Å². The minimum absolute atomic E-state index is 0.0768. The molecular formula is C17H24N4O5S. The highest BCUT2D eigenvalue weighted by Gasteiger charge is 2.33. The molecule has 148 valence electrons. The van der Waals surface area contributed by atoms with Gasteiger partial charge in [-0.15, -0.1) is 0 Å². The second-order valence-electron chi connectivity index (χ2n) is 6.36. The van der Waals surface area contributed by atoms with Crippen LogP contribution in [-0.2, 0) is 37.6 Å². The van der Waals surface area contributed by atoms with Crippen LogP contribution in [0.25, 0.3) is 0 Å². The first-order valence-corrected chi connectivity index (χ1v) is 10.1. The van der Waals surface area contributed by atoms with Gasteiger partial charge in [-0.05, 0) is 17.5 Å². The van der Waals surface area contributed by atoms with Gasteiger partial charge in [0.2, 0.25) is 17.7 Å². The van der Waals surface area contributed by atoms with Crippen LogP contribution < -0.4 is 15.4 Å². The number of carbonyl (C=O) groups excluding carboxylic acids is 3. The fourth-order valence-corrected chi connectivity index (χ4v) is 3.76. The molecule has 1 aliphatic heterocycles. The maximum absolute atomic E-state index is 12.2. The Morgan fingerprint density at radius 3 is 2.37 bits per heavy atom. The third-order valence-electron chi connectivity index (χ3n) is 3.97. The standard InChI is InChI=1S/C17H24N4O5S/c1-3-8-18-17(24)15(19-12(2)22)9-13-4-6-14(7-5-13)10-21-11-16(23)20-27(21,25)26/h4-7,15H,3,8-11H2,1-2H3,(H,18,24)(H,19,22)(H,20,23). The van der Waals surface area contributed by atoms with Gasteiger partial charge in [0.25, 0.3) is 0 Å². The second-order valence-corrected chi connectivity index (χ2v) is 8.03. The van der Waals surface area contributed by atoms with Crippen LogP contribution >= 0.6 is 0 Å². The van der Waals surface area contributed by atoms with E-state index in [2.05, 4.69) is 10.6 Å². The summed E-state index contributed by atoms with van der Waals surface area (Å²) in [6.45, 7) is 3.70. The zero-order valence-electron chi connectivity index (χ0n) is 15.3. The Bertz CT molecular complexity index is 807. The van der Waals surface area contributed by atoms with Crippen molar-refractivity contribution in [3.63, 3.8) is 0 Å². The summed E-state index contributed by atoms with van der Waals surface area (Å²) in [4.78, 5) is 34.8. The number of amides is 3. The number of benzene rings is 1. The van der Waals surface area contributed by atoms with Crippen LogP contribution in [0.15, 0.2) is 24.3 Å². The minimum atomic E-state index is -3.76. The summed E-state index contributed by atoms with van der Waals surface area (Å²) in [5.41, 5.74) is 1.54. The Morgan fingerprint density at radius 1 is 1.22 bits per heavy atom. The Morgan fingerprint density at radius 2 is 1.85 bits per heavy atom. The average Bonchev–Trinajstić information content (AvgIpc) is 2.84. The molecule has 9 nitrogen and oxygen atoms in total. The minimum Gasteiger partial charge on any atom is -0.354 e. The maximum atomic E-state index is 12.2. The van der Waals surface area contributed by atoms with Crippen LogP contribution in [0.2, 0.25) is 0 Å². The lowest BCUT2D eigenvalue weighted by atomic mass is 10.0. The lowest BCUT2D eigenvalue weighted by Gasteiger charge is -2.18. The van der Waals surface area contributed by atoms with E-state index in [1.807, 2.05) is 11.6 Å². The third kappa shape index (κ3) is 6.04. The van der Waals surface area contributed by atoms with Crippen LogP contribution in [-0.4, -0.2) is 49.6 Å². The van der Waals surface area contributed by atoms with Gasteiger partial charge in [0, 0.05) is 26.4 Å². The van der Waals surface area contributed by atoms with Gasteiger partial charge in [0.05, 0.1) is 6.54 Å². The molecule has 1 atom stereocenters. The van der Waals surface area contributed by atoms with Gasteiger partial charge in [-0.25, -0.2) is 4.72 Å². The molecule has 3 N–H and O–H groups in total. The van der Waals surface area contributed by atoms with E-state index >= 15 is 0 Å². The molecule has 0 aliphatic carbocycles. The molecule has 1 fully saturated rings. The molecule has 1 aromatic rings. The maximum Gasteiger partial charge on any atom is 0.304 e. The average molecular weight is 396 g/mol. The molecule has 1 unspecified atom stereocenters. The van der Waals surface area contributed by atoms with Crippen molar-refractivity contribution in [1.82, 2.24) is 19.7 Å². The van der Waals surface area contributed by atoms with Gasteiger partial charge >= 0.3 is 10.2 Å². The lowest BCUT2D eigenvalue weighted by Crippen LogP contribution is -2.47. The zero-order chi connectivity index (χ0) is 20.0. The summed E-state index contributed by atoms with van der Waals surface area (Å²) in [6.07, 6.45) is 1.11. The third-order valence-corrected chi connectivity index (χ3v) is 5.39. The zero-order valence-corrected chi connectivity index (χ0v) is 16.1. The van der Waals surface area contributed by atoms with Gasteiger partial charge in [-0.3, -0.25) is 14.4 Å². The van der Waals surface area contributed by atoms with Crippen molar-refractivity contribution in [2.24, 2.45) is 0 Å². The van der Waals surface area contributed by atoms with Crippen LogP contribution in [0.5, 0.6) is 0 Å². The number of nitrogens with zero attached hydrogens (tertiary/aromatic N) is 1. The molecular weight excluding hydrogens is 372 g/mol. The number of hydrogen-bond donors (Lipinski definition) is 3. The van der Waals surface area contributed by atoms with Crippen molar-refractivity contribution in [1.29, 1.82) is 0 Å². The van der Waals surface area contributed by atoms with Gasteiger partial charge in [0.15, 0.2) is 0 Å². The second kappa shape index (κ2) is 8.96. The predicted octanol–water partition coefficient (Wildman–Crippen LogP) is -0.563. The topological polar surface area (TPSA) is 125 Å². The van der Waals surface area contributed by atoms with Crippen molar-refractivity contribution in [3.8, 4) is 0 Å². The van der Waals surface area contributed by atoms with E-state index in [1.165, 1.54) is 6.92 Å². The molecule has 10 heteroatoms. The van der Waals surface area contributed by atoms with E-state index in [4.69, 9.17) is 0 Å². The first kappa shape index (κ1) is 20.8. The summed E-state index contributed by atoms with van der Waals surface area (Å²) in [5.74, 6) is -1.09. The summed E-state index contributed by atoms with van der Waals surface area (Å²) < 4.78 is 26.5. The van der Waals surface area contributed by atoms with Gasteiger partial charge in [-0.1, -0.05) is 31.2 Å². The van der Waals surface area contributed by atoms with Crippen LogP contribution in [0.1, 0.15) is 31.4 Å². The first-order valence-electron chi connectivity index (χ1n) is 8.64. The fourth-order valence-electron chi connectivity index (χ4n) is 2.67. The molecule has 0 radical (unpaired) electrons. The fraction of sp³-hybridized carbons (Fsp3) is 0.471. The first-order chi connectivity index (χ1) is 12.7. The van der Waals surface area contributed by atoms with E-state index in [9.17, 15) is 22.8 Å². The highest BCUT2D eigenvalue weighted by molar-refractivity contribution is 7.88. The molecule has 0 aromatic heterocycles. The van der Waals surface area contributed by atoms with Crippen molar-refractivity contribution in [2.45, 2.75) is 39.3 Å². The van der Waals surface area contributed by atoms with Crippen molar-refractivity contribution in [2.75, 3.05) is 13.1 Å². The number of nitrogens with one attached hydrogen (secondary N) is 3. The van der Waals surface area contributed by atoms with E-state index in [1.54, 1.807) is 24.3 Å². The molecule has 0 bridgehead atoms. The molecule has 2 rings (SSSR count). The normalized spacial score (nSPS) is 17.2. The number of carbonyl (C=O) groups is 3. The summed E-state index contributed by atoms with van der Waals surface area (Å²) in [5, 5.41) is 5.41. The molecule has 0 spiro atoms. The summed E-state index contributed by atoms with van der Waals surface area (Å²) in [6, 6.07) is 6.34. The number of hydrogen-bond acceptors (Lipinski definition) is 5. The Kier molecular flexibility index (Phi) is 6.92. The SMILES string of the molecule is CCCNC(=O)C(Cc1ccc(CN2CC(=O)NS2(=O)=O)cc1)NC(C)=O. The van der Waals surface area contributed by atoms with Crippen LogP contribution in [0.4, 0.5) is 0 Å². The number of rotatable bonds is 8. The Hall–Kier alpha value is -2.46. The van der Waals surface area contributed by atoms with Gasteiger partial charge < -0.3 is 10.6 Å². The molecule has 1 aliphatic rings. The van der Waals surface area contributed by atoms with E-state index in [0.29, 0.717) is 18.5 Å². The summed E-state index contributed by atoms with van der Waals surface area (Å²) >= 11 is 0. The predicted molar refractivity (Wildman–Crippen MR) is 98.5 cm³/mol. The van der Waals surface area contributed by atoms with Gasteiger partial charge in [0.1, 0.15) is 6.04 Å². The largest absolute Gasteiger partial charge is 0.354 e. The highest BCUT2D eigenvalue weighted by Crippen LogP contribution is 2.14. The molecule has 1 aromatic carbocycles. The quantitative estimate of drug-likeness (QED) is 0.543. The molecule has 1 heterocycles. The van der Waals surface area contributed by atoms with Crippen LogP contribution in [0.3, 0.4) is 0 Å². The highest BCUT2D eigenvalue weighted by atomic mass is 32.2. The van der Waals surface area contributed by atoms with Crippen molar-refractivity contribution >= 4 is 27.9 Å². The van der Waals surface area contributed by atoms with E-state index < -0.39 is 22.2 Å². The van der Waals surface area contributed by atoms with E-state index in [-0.39, 0.29) is 24.9 Å². The van der Waals surface area contributed by atoms with Crippen molar-refractivity contribution in [3.05, 3.63) is 35.4 Å². The Labute approximate surface area is 158 Å². The molecule has 3 amide bonds. The lowest BCUT2D eigenvalue weighted by molar-refractivity contribution is -0.128. The smallest absolute Gasteiger partial charge is 0.304 e. The monoisotopic (exact) mass is 396 g/mol. The van der Waals surface area contributed by atoms with Crippen molar-refractivity contribution < 1.29 is 22.8 Å². The van der Waals surface area contributed by atoms with Gasteiger partial charge in [-0.2, -0.15) is 12.7 Å². The molecule has 27 heavy (non-hydrogen) atoms. The Balaban J connectivity index is 2.03. The molecule has 0 saturated carbocycles. The van der Waals surface area contributed by atoms with Crippen LogP contribution in [0, 0.1) is 0 Å². The molecule has 1 saturated heterocycles.